The van der Waals surface area contributed by atoms with Crippen LogP contribution in [-0.2, 0) is 0 Å². The molecule has 0 atom stereocenters. The van der Waals surface area contributed by atoms with Gasteiger partial charge in [0, 0.05) is 5.69 Å². The highest BCUT2D eigenvalue weighted by molar-refractivity contribution is 6.42. The van der Waals surface area contributed by atoms with Crippen molar-refractivity contribution in [3.63, 3.8) is 0 Å². The first-order valence-corrected chi connectivity index (χ1v) is 6.42. The van der Waals surface area contributed by atoms with Gasteiger partial charge in [-0.1, -0.05) is 23.2 Å². The number of halogens is 3. The average molecular weight is 334 g/mol. The molecular formula is C11H7Cl3N4O2. The van der Waals surface area contributed by atoms with Crippen LogP contribution < -0.4 is 5.32 Å². The molecule has 104 valence electrons. The molecule has 1 aromatic carbocycles. The van der Waals surface area contributed by atoms with Gasteiger partial charge in [-0.2, -0.15) is 4.98 Å². The molecule has 0 bridgehead atoms. The minimum atomic E-state index is -0.578. The van der Waals surface area contributed by atoms with Crippen molar-refractivity contribution < 1.29 is 4.92 Å². The molecule has 0 saturated carbocycles. The van der Waals surface area contributed by atoms with Crippen LogP contribution >= 0.6 is 34.8 Å². The summed E-state index contributed by atoms with van der Waals surface area (Å²) >= 11 is 17.4. The Bertz CT molecular complexity index is 694. The zero-order valence-corrected chi connectivity index (χ0v) is 12.3. The van der Waals surface area contributed by atoms with Gasteiger partial charge in [0.1, 0.15) is 5.69 Å². The second-order valence-electron chi connectivity index (χ2n) is 3.79. The largest absolute Gasteiger partial charge is 0.334 e. The fraction of sp³-hybridized carbons (Fsp3) is 0.0909. The number of nitrogens with one attached hydrogen (secondary N) is 1. The molecule has 0 radical (unpaired) electrons. The molecule has 0 fully saturated rings. The van der Waals surface area contributed by atoms with Crippen LogP contribution in [0.2, 0.25) is 15.3 Å². The Kier molecular flexibility index (Phi) is 4.27. The van der Waals surface area contributed by atoms with Crippen molar-refractivity contribution in [3.05, 3.63) is 49.3 Å². The van der Waals surface area contributed by atoms with Crippen LogP contribution in [0.5, 0.6) is 0 Å². The van der Waals surface area contributed by atoms with E-state index in [1.165, 1.54) is 13.0 Å². The van der Waals surface area contributed by atoms with Crippen LogP contribution in [0.4, 0.5) is 17.2 Å². The van der Waals surface area contributed by atoms with Crippen molar-refractivity contribution in [2.45, 2.75) is 6.92 Å². The van der Waals surface area contributed by atoms with Gasteiger partial charge in [0.15, 0.2) is 0 Å². The van der Waals surface area contributed by atoms with Crippen molar-refractivity contribution in [1.82, 2.24) is 9.97 Å². The maximum absolute atomic E-state index is 11.1. The highest BCUT2D eigenvalue weighted by Crippen LogP contribution is 2.31. The molecule has 6 nitrogen and oxygen atoms in total. The number of aromatic nitrogens is 2. The van der Waals surface area contributed by atoms with E-state index >= 15 is 0 Å². The van der Waals surface area contributed by atoms with Gasteiger partial charge in [-0.25, -0.2) is 4.98 Å². The lowest BCUT2D eigenvalue weighted by Crippen LogP contribution is -2.04. The molecule has 0 aliphatic heterocycles. The van der Waals surface area contributed by atoms with Crippen molar-refractivity contribution >= 4 is 52.0 Å². The van der Waals surface area contributed by atoms with E-state index < -0.39 is 4.92 Å². The number of hydrogen-bond donors (Lipinski definition) is 1. The Hall–Kier alpha value is -1.63. The highest BCUT2D eigenvalue weighted by atomic mass is 35.5. The summed E-state index contributed by atoms with van der Waals surface area (Å²) in [7, 11) is 0. The summed E-state index contributed by atoms with van der Waals surface area (Å²) in [6, 6.07) is 4.70. The van der Waals surface area contributed by atoms with Crippen molar-refractivity contribution in [3.8, 4) is 0 Å². The molecule has 0 saturated heterocycles. The monoisotopic (exact) mass is 332 g/mol. The standard InChI is InChI=1S/C11H7Cl3N4O2/c1-5-9(18(19)20)10(17-11(14)15-5)16-6-2-3-7(12)8(13)4-6/h2-4H,1H3,(H,15,16,17). The van der Waals surface area contributed by atoms with Gasteiger partial charge in [0.2, 0.25) is 11.1 Å². The quantitative estimate of drug-likeness (QED) is 0.511. The lowest BCUT2D eigenvalue weighted by Gasteiger charge is -2.08. The van der Waals surface area contributed by atoms with Crippen LogP contribution in [0, 0.1) is 17.0 Å². The van der Waals surface area contributed by atoms with Gasteiger partial charge >= 0.3 is 5.69 Å². The number of aryl methyl sites for hydroxylation is 1. The molecule has 0 unspecified atom stereocenters. The summed E-state index contributed by atoms with van der Waals surface area (Å²) in [4.78, 5) is 18.1. The molecule has 0 aliphatic carbocycles. The zero-order chi connectivity index (χ0) is 14.9. The van der Waals surface area contributed by atoms with E-state index in [1.807, 2.05) is 0 Å². The van der Waals surface area contributed by atoms with Crippen LogP contribution in [0.25, 0.3) is 0 Å². The highest BCUT2D eigenvalue weighted by Gasteiger charge is 2.21. The SMILES string of the molecule is Cc1nc(Cl)nc(Nc2ccc(Cl)c(Cl)c2)c1[N+](=O)[O-]. The summed E-state index contributed by atoms with van der Waals surface area (Å²) in [6.45, 7) is 1.48. The van der Waals surface area contributed by atoms with Crippen LogP contribution in [-0.4, -0.2) is 14.9 Å². The first kappa shape index (κ1) is 14.8. The molecule has 0 amide bonds. The number of hydrogen-bond acceptors (Lipinski definition) is 5. The van der Waals surface area contributed by atoms with Crippen LogP contribution in [0.1, 0.15) is 5.69 Å². The first-order chi connectivity index (χ1) is 9.38. The number of anilines is 2. The number of benzene rings is 1. The van der Waals surface area contributed by atoms with E-state index in [2.05, 4.69) is 15.3 Å². The molecule has 1 N–H and O–H groups in total. The molecule has 2 rings (SSSR count). The smallest absolute Gasteiger partial charge is 0.332 e. The summed E-state index contributed by atoms with van der Waals surface area (Å²) in [5.41, 5.74) is 0.412. The van der Waals surface area contributed by atoms with Gasteiger partial charge in [-0.3, -0.25) is 10.1 Å². The average Bonchev–Trinajstić information content (AvgIpc) is 2.32. The van der Waals surface area contributed by atoms with Crippen LogP contribution in [0.15, 0.2) is 18.2 Å². The molecule has 9 heteroatoms. The third-order valence-corrected chi connectivity index (χ3v) is 3.30. The first-order valence-electron chi connectivity index (χ1n) is 5.29. The molecule has 1 aromatic heterocycles. The second-order valence-corrected chi connectivity index (χ2v) is 4.94. The van der Waals surface area contributed by atoms with Crippen molar-refractivity contribution in [2.75, 3.05) is 5.32 Å². The van der Waals surface area contributed by atoms with E-state index in [-0.39, 0.29) is 22.5 Å². The fourth-order valence-electron chi connectivity index (χ4n) is 1.55. The van der Waals surface area contributed by atoms with E-state index in [4.69, 9.17) is 34.8 Å². The molecule has 20 heavy (non-hydrogen) atoms. The predicted molar refractivity (Wildman–Crippen MR) is 78.2 cm³/mol. The second kappa shape index (κ2) is 5.78. The molecule has 2 aromatic rings. The fourth-order valence-corrected chi connectivity index (χ4v) is 2.06. The van der Waals surface area contributed by atoms with Gasteiger partial charge in [0.05, 0.1) is 15.0 Å². The zero-order valence-electron chi connectivity index (χ0n) is 10.0. The Morgan fingerprint density at radius 2 is 1.90 bits per heavy atom. The van der Waals surface area contributed by atoms with E-state index in [1.54, 1.807) is 12.1 Å². The number of nitrogens with zero attached hydrogens (tertiary/aromatic N) is 3. The Morgan fingerprint density at radius 1 is 1.20 bits per heavy atom. The molecule has 0 spiro atoms. The van der Waals surface area contributed by atoms with E-state index in [0.29, 0.717) is 15.7 Å². The maximum atomic E-state index is 11.1. The van der Waals surface area contributed by atoms with Gasteiger partial charge in [-0.05, 0) is 36.7 Å². The Morgan fingerprint density at radius 3 is 2.50 bits per heavy atom. The van der Waals surface area contributed by atoms with Gasteiger partial charge in [-0.15, -0.1) is 0 Å². The predicted octanol–water partition coefficient (Wildman–Crippen LogP) is 4.40. The molecule has 1 heterocycles. The molecular weight excluding hydrogens is 327 g/mol. The van der Waals surface area contributed by atoms with Gasteiger partial charge in [0.25, 0.3) is 0 Å². The minimum Gasteiger partial charge on any atom is -0.334 e. The summed E-state index contributed by atoms with van der Waals surface area (Å²) in [5.74, 6) is -0.00844. The summed E-state index contributed by atoms with van der Waals surface area (Å²) < 4.78 is 0. The number of nitro groups is 1. The van der Waals surface area contributed by atoms with E-state index in [0.717, 1.165) is 0 Å². The van der Waals surface area contributed by atoms with E-state index in [9.17, 15) is 10.1 Å². The Labute approximate surface area is 128 Å². The maximum Gasteiger partial charge on any atom is 0.332 e. The lowest BCUT2D eigenvalue weighted by molar-refractivity contribution is -0.385. The Balaban J connectivity index is 2.47. The third-order valence-electron chi connectivity index (χ3n) is 2.40. The normalized spacial score (nSPS) is 10.4. The molecule has 0 aliphatic rings. The summed E-state index contributed by atoms with van der Waals surface area (Å²) in [5, 5.41) is 14.5. The number of rotatable bonds is 3. The topological polar surface area (TPSA) is 81.0 Å². The van der Waals surface area contributed by atoms with Crippen LogP contribution in [0.3, 0.4) is 0 Å². The lowest BCUT2D eigenvalue weighted by atomic mass is 10.3. The van der Waals surface area contributed by atoms with Crippen molar-refractivity contribution in [2.24, 2.45) is 0 Å². The minimum absolute atomic E-state index is 0.00844. The summed E-state index contributed by atoms with van der Waals surface area (Å²) in [6.07, 6.45) is 0. The van der Waals surface area contributed by atoms with Gasteiger partial charge < -0.3 is 5.32 Å². The van der Waals surface area contributed by atoms with Crippen molar-refractivity contribution in [1.29, 1.82) is 0 Å². The third kappa shape index (κ3) is 3.09.